The Morgan fingerprint density at radius 3 is 2.08 bits per heavy atom. The van der Waals surface area contributed by atoms with Gasteiger partial charge in [-0.1, -0.05) is 12.2 Å². The molecule has 5 nitrogen and oxygen atoms in total. The molecule has 3 amide bonds. The molecule has 0 radical (unpaired) electrons. The molecule has 1 aromatic rings. The zero-order valence-corrected chi connectivity index (χ0v) is 14.8. The summed E-state index contributed by atoms with van der Waals surface area (Å²) >= 11 is 2.16. The molecule has 6 rings (SSSR count). The van der Waals surface area contributed by atoms with Crippen LogP contribution in [0.3, 0.4) is 0 Å². The highest BCUT2D eigenvalue weighted by atomic mass is 127. The van der Waals surface area contributed by atoms with Crippen molar-refractivity contribution in [3.63, 3.8) is 0 Å². The van der Waals surface area contributed by atoms with Crippen molar-refractivity contribution in [2.75, 3.05) is 0 Å². The summed E-state index contributed by atoms with van der Waals surface area (Å²) in [6.45, 7) is 0. The van der Waals surface area contributed by atoms with Crippen molar-refractivity contribution in [3.8, 4) is 0 Å². The van der Waals surface area contributed by atoms with E-state index in [2.05, 4.69) is 40.2 Å². The minimum Gasteiger partial charge on any atom is -0.272 e. The van der Waals surface area contributed by atoms with Crippen molar-refractivity contribution in [2.45, 2.75) is 6.42 Å². The summed E-state index contributed by atoms with van der Waals surface area (Å²) in [7, 11) is 0. The van der Waals surface area contributed by atoms with E-state index in [1.807, 2.05) is 12.1 Å². The molecule has 1 aromatic carbocycles. The molecule has 6 atom stereocenters. The van der Waals surface area contributed by atoms with Crippen LogP contribution < -0.4 is 5.43 Å². The Morgan fingerprint density at radius 1 is 1.00 bits per heavy atom. The second kappa shape index (κ2) is 4.91. The van der Waals surface area contributed by atoms with E-state index in [9.17, 15) is 14.4 Å². The van der Waals surface area contributed by atoms with Gasteiger partial charge in [0.2, 0.25) is 0 Å². The quantitative estimate of drug-likeness (QED) is 0.440. The maximum atomic E-state index is 12.8. The van der Waals surface area contributed by atoms with Gasteiger partial charge in [0.25, 0.3) is 17.7 Å². The van der Waals surface area contributed by atoms with Crippen molar-refractivity contribution in [3.05, 3.63) is 45.6 Å². The highest BCUT2D eigenvalue weighted by Crippen LogP contribution is 2.65. The summed E-state index contributed by atoms with van der Waals surface area (Å²) in [6.07, 6.45) is 5.37. The van der Waals surface area contributed by atoms with Crippen LogP contribution in [0.15, 0.2) is 36.4 Å². The van der Waals surface area contributed by atoms with Gasteiger partial charge in [-0.25, -0.2) is 0 Å². The van der Waals surface area contributed by atoms with Crippen LogP contribution in [-0.4, -0.2) is 22.7 Å². The zero-order valence-electron chi connectivity index (χ0n) is 12.7. The topological polar surface area (TPSA) is 66.5 Å². The van der Waals surface area contributed by atoms with Gasteiger partial charge in [0.05, 0.1) is 11.8 Å². The highest BCUT2D eigenvalue weighted by Gasteiger charge is 2.67. The van der Waals surface area contributed by atoms with Crippen molar-refractivity contribution < 1.29 is 14.4 Å². The molecule has 5 aliphatic rings. The standard InChI is InChI=1S/C18H15IN2O3/c19-9-3-1-8(2-4-9)16(22)20-21-17(23)14-10-5-6-11(13-7-12(10)13)15(14)18(21)24/h1-6,10-15H,7H2,(H,20,22)/t10?,11?,12-,13+,14+,15-. The van der Waals surface area contributed by atoms with Gasteiger partial charge in [-0.05, 0) is 76.9 Å². The lowest BCUT2D eigenvalue weighted by Gasteiger charge is -2.37. The third-order valence-corrected chi connectivity index (χ3v) is 6.70. The Hall–Kier alpha value is -1.70. The number of carbonyl (C=O) groups is 3. The predicted octanol–water partition coefficient (Wildman–Crippen LogP) is 1.99. The number of allylic oxidation sites excluding steroid dienone is 2. The first-order valence-electron chi connectivity index (χ1n) is 8.19. The fourth-order valence-electron chi connectivity index (χ4n) is 4.83. The largest absolute Gasteiger partial charge is 0.272 e. The van der Waals surface area contributed by atoms with Crippen LogP contribution in [0.2, 0.25) is 0 Å². The third-order valence-electron chi connectivity index (χ3n) is 5.98. The van der Waals surface area contributed by atoms with Crippen LogP contribution in [0.4, 0.5) is 0 Å². The van der Waals surface area contributed by atoms with Crippen molar-refractivity contribution in [1.82, 2.24) is 10.4 Å². The number of hydrogen-bond donors (Lipinski definition) is 1. The number of hydrogen-bond acceptors (Lipinski definition) is 3. The fraction of sp³-hybridized carbons (Fsp3) is 0.389. The molecule has 1 heterocycles. The molecule has 2 saturated carbocycles. The fourth-order valence-corrected chi connectivity index (χ4v) is 5.19. The van der Waals surface area contributed by atoms with Crippen LogP contribution in [0.25, 0.3) is 0 Å². The number of benzene rings is 1. The molecule has 24 heavy (non-hydrogen) atoms. The molecule has 4 aliphatic carbocycles. The summed E-state index contributed by atoms with van der Waals surface area (Å²) < 4.78 is 1.02. The number of nitrogens with zero attached hydrogens (tertiary/aromatic N) is 1. The summed E-state index contributed by atoms with van der Waals surface area (Å²) in [5, 5.41) is 0.980. The predicted molar refractivity (Wildman–Crippen MR) is 93.2 cm³/mol. The van der Waals surface area contributed by atoms with Crippen LogP contribution >= 0.6 is 22.6 Å². The Morgan fingerprint density at radius 2 is 1.54 bits per heavy atom. The van der Waals surface area contributed by atoms with E-state index in [4.69, 9.17) is 0 Å². The first-order valence-corrected chi connectivity index (χ1v) is 9.27. The average Bonchev–Trinajstić information content (AvgIpc) is 3.36. The van der Waals surface area contributed by atoms with Gasteiger partial charge >= 0.3 is 0 Å². The van der Waals surface area contributed by atoms with Gasteiger partial charge in [0, 0.05) is 9.13 Å². The molecular weight excluding hydrogens is 419 g/mol. The number of carbonyl (C=O) groups excluding carboxylic acids is 3. The number of nitrogens with one attached hydrogen (secondary N) is 1. The maximum Gasteiger partial charge on any atom is 0.270 e. The molecule has 122 valence electrons. The van der Waals surface area contributed by atoms with E-state index in [0.29, 0.717) is 17.4 Å². The summed E-state index contributed by atoms with van der Waals surface area (Å²) in [5.74, 6) is -0.0149. The Kier molecular flexibility index (Phi) is 2.99. The first kappa shape index (κ1) is 14.6. The Labute approximate surface area is 152 Å². The van der Waals surface area contributed by atoms with Crippen molar-refractivity contribution >= 4 is 40.3 Å². The molecule has 2 bridgehead atoms. The number of rotatable bonds is 2. The lowest BCUT2D eigenvalue weighted by atomic mass is 9.63. The third kappa shape index (κ3) is 1.89. The zero-order chi connectivity index (χ0) is 16.6. The SMILES string of the molecule is O=C(NN1C(=O)[C@@H]2C3C=CC([C@H]4C[C@@H]34)[C@@H]2C1=O)c1ccc(I)cc1. The molecule has 6 heteroatoms. The smallest absolute Gasteiger partial charge is 0.270 e. The van der Waals surface area contributed by atoms with E-state index < -0.39 is 5.91 Å². The Balaban J connectivity index is 1.40. The Bertz CT molecular complexity index is 767. The van der Waals surface area contributed by atoms with E-state index in [1.54, 1.807) is 12.1 Å². The number of imide groups is 1. The maximum absolute atomic E-state index is 12.8. The molecule has 0 aromatic heterocycles. The van der Waals surface area contributed by atoms with Gasteiger partial charge in [0.15, 0.2) is 0 Å². The molecule has 1 N–H and O–H groups in total. The van der Waals surface area contributed by atoms with Crippen molar-refractivity contribution in [2.24, 2.45) is 35.5 Å². The lowest BCUT2D eigenvalue weighted by Crippen LogP contribution is -2.46. The van der Waals surface area contributed by atoms with Gasteiger partial charge in [0.1, 0.15) is 0 Å². The number of hydrazine groups is 1. The van der Waals surface area contributed by atoms with Crippen LogP contribution in [-0.2, 0) is 9.59 Å². The second-order valence-corrected chi connectivity index (χ2v) is 8.36. The second-order valence-electron chi connectivity index (χ2n) is 7.11. The van der Waals surface area contributed by atoms with E-state index in [1.165, 1.54) is 0 Å². The van der Waals surface area contributed by atoms with E-state index in [0.717, 1.165) is 15.0 Å². The minimum absolute atomic E-state index is 0.168. The molecular formula is C18H15IN2O3. The minimum atomic E-state index is -0.419. The number of halogens is 1. The summed E-state index contributed by atoms with van der Waals surface area (Å²) in [5.41, 5.74) is 2.97. The highest BCUT2D eigenvalue weighted by molar-refractivity contribution is 14.1. The average molecular weight is 434 g/mol. The van der Waals surface area contributed by atoms with Gasteiger partial charge < -0.3 is 0 Å². The molecule has 1 aliphatic heterocycles. The van der Waals surface area contributed by atoms with Crippen molar-refractivity contribution in [1.29, 1.82) is 0 Å². The molecule has 2 unspecified atom stereocenters. The van der Waals surface area contributed by atoms with Gasteiger partial charge in [-0.2, -0.15) is 5.01 Å². The van der Waals surface area contributed by atoms with Gasteiger partial charge in [-0.15, -0.1) is 0 Å². The monoisotopic (exact) mass is 434 g/mol. The lowest BCUT2D eigenvalue weighted by molar-refractivity contribution is -0.143. The first-order chi connectivity index (χ1) is 11.6. The molecule has 3 fully saturated rings. The van der Waals surface area contributed by atoms with E-state index >= 15 is 0 Å². The summed E-state index contributed by atoms with van der Waals surface area (Å²) in [4.78, 5) is 37.9. The number of amides is 3. The van der Waals surface area contributed by atoms with Crippen LogP contribution in [0, 0.1) is 39.1 Å². The molecule has 1 saturated heterocycles. The van der Waals surface area contributed by atoms with Crippen LogP contribution in [0.1, 0.15) is 16.8 Å². The van der Waals surface area contributed by atoms with E-state index in [-0.39, 0.29) is 35.5 Å². The normalized spacial score (nSPS) is 38.1. The van der Waals surface area contributed by atoms with Gasteiger partial charge in [-0.3, -0.25) is 19.8 Å². The van der Waals surface area contributed by atoms with Crippen LogP contribution in [0.5, 0.6) is 0 Å². The molecule has 0 spiro atoms. The summed E-state index contributed by atoms with van der Waals surface area (Å²) in [6, 6.07) is 7.02.